The molecule has 0 spiro atoms. The highest BCUT2D eigenvalue weighted by molar-refractivity contribution is 6.76. The van der Waals surface area contributed by atoms with Gasteiger partial charge in [-0.2, -0.15) is 0 Å². The molecule has 0 heterocycles. The Morgan fingerprint density at radius 3 is 2.05 bits per heavy atom. The number of hydrogen-bond donors (Lipinski definition) is 1. The van der Waals surface area contributed by atoms with Gasteiger partial charge in [-0.1, -0.05) is 102 Å². The van der Waals surface area contributed by atoms with E-state index in [4.69, 9.17) is 44.9 Å². The monoisotopic (exact) mass is 353 g/mol. The van der Waals surface area contributed by atoms with Crippen molar-refractivity contribution >= 4 is 46.8 Å². The molecule has 0 radical (unpaired) electrons. The second kappa shape index (κ2) is 7.68. The lowest BCUT2D eigenvalue weighted by atomic mass is 10.1. The average Bonchev–Trinajstić information content (AvgIpc) is 2.52. The zero-order valence-electron chi connectivity index (χ0n) is 11.5. The molecule has 0 aromatic heterocycles. The second-order valence-electron chi connectivity index (χ2n) is 4.55. The summed E-state index contributed by atoms with van der Waals surface area (Å²) in [6.45, 7) is 0. The summed E-state index contributed by atoms with van der Waals surface area (Å²) in [5.41, 5.74) is 1.89. The largest absolute Gasteiger partial charge is 0.466 e. The molecule has 0 saturated heterocycles. The van der Waals surface area contributed by atoms with Crippen LogP contribution in [0.5, 0.6) is 0 Å². The highest BCUT2D eigenvalue weighted by Crippen LogP contribution is 2.31. The average molecular weight is 355 g/mol. The molecule has 0 aliphatic rings. The number of ether oxygens (including phenoxy) is 1. The zero-order valence-corrected chi connectivity index (χ0v) is 13.8. The molecule has 1 atom stereocenters. The Balaban J connectivity index is 2.23. The number of benzene rings is 2. The minimum Gasteiger partial charge on any atom is -0.466 e. The Hall–Kier alpha value is -1.48. The van der Waals surface area contributed by atoms with E-state index in [1.807, 2.05) is 72.8 Å². The number of alkyl halides is 3. The molecule has 0 aliphatic carbocycles. The van der Waals surface area contributed by atoms with Crippen LogP contribution in [-0.2, 0) is 4.74 Å². The molecule has 0 aliphatic heterocycles. The lowest BCUT2D eigenvalue weighted by Crippen LogP contribution is -2.23. The van der Waals surface area contributed by atoms with Gasteiger partial charge in [0.2, 0.25) is 5.90 Å². The summed E-state index contributed by atoms with van der Waals surface area (Å²) >= 11 is 17.1. The van der Waals surface area contributed by atoms with Gasteiger partial charge in [0, 0.05) is 0 Å². The Labute approximate surface area is 144 Å². The summed E-state index contributed by atoms with van der Waals surface area (Å²) in [4.78, 5) is 0. The summed E-state index contributed by atoms with van der Waals surface area (Å²) in [6.07, 6.45) is 3.23. The predicted molar refractivity (Wildman–Crippen MR) is 93.8 cm³/mol. The van der Waals surface area contributed by atoms with E-state index in [1.54, 1.807) is 0 Å². The van der Waals surface area contributed by atoms with Crippen LogP contribution in [0, 0.1) is 5.41 Å². The second-order valence-corrected chi connectivity index (χ2v) is 6.83. The summed E-state index contributed by atoms with van der Waals surface area (Å²) in [5, 5.41) is 7.75. The Morgan fingerprint density at radius 1 is 0.955 bits per heavy atom. The maximum atomic E-state index is 7.75. The molecule has 2 nitrogen and oxygen atoms in total. The third-order valence-electron chi connectivity index (χ3n) is 2.89. The molecule has 0 amide bonds. The summed E-state index contributed by atoms with van der Waals surface area (Å²) < 4.78 is 3.64. The normalized spacial score (nSPS) is 13.0. The topological polar surface area (TPSA) is 33.1 Å². The van der Waals surface area contributed by atoms with E-state index in [0.717, 1.165) is 11.1 Å². The first-order valence-electron chi connectivity index (χ1n) is 6.57. The molecule has 0 bridgehead atoms. The number of rotatable bonds is 4. The van der Waals surface area contributed by atoms with Gasteiger partial charge in [-0.15, -0.1) is 0 Å². The van der Waals surface area contributed by atoms with Crippen molar-refractivity contribution < 1.29 is 4.74 Å². The van der Waals surface area contributed by atoms with Crippen LogP contribution in [0.25, 0.3) is 6.08 Å². The van der Waals surface area contributed by atoms with Gasteiger partial charge >= 0.3 is 0 Å². The van der Waals surface area contributed by atoms with Gasteiger partial charge in [0.1, 0.15) is 6.10 Å². The molecule has 1 N–H and O–H groups in total. The Morgan fingerprint density at radius 2 is 1.50 bits per heavy atom. The lowest BCUT2D eigenvalue weighted by Gasteiger charge is -2.20. The summed E-state index contributed by atoms with van der Waals surface area (Å²) in [6, 6.07) is 19.3. The minimum atomic E-state index is -1.88. The summed E-state index contributed by atoms with van der Waals surface area (Å²) in [5.74, 6) is -0.413. The van der Waals surface area contributed by atoms with Gasteiger partial charge in [-0.3, -0.25) is 5.41 Å². The van der Waals surface area contributed by atoms with Gasteiger partial charge < -0.3 is 4.74 Å². The smallest absolute Gasteiger partial charge is 0.265 e. The van der Waals surface area contributed by atoms with E-state index >= 15 is 0 Å². The van der Waals surface area contributed by atoms with Gasteiger partial charge in [0.05, 0.1) is 0 Å². The van der Waals surface area contributed by atoms with Crippen LogP contribution >= 0.6 is 34.8 Å². The molecule has 5 heteroatoms. The van der Waals surface area contributed by atoms with Gasteiger partial charge in [-0.05, 0) is 17.2 Å². The van der Waals surface area contributed by atoms with Gasteiger partial charge in [0.25, 0.3) is 3.79 Å². The van der Waals surface area contributed by atoms with Crippen LogP contribution in [-0.4, -0.2) is 9.69 Å². The lowest BCUT2D eigenvalue weighted by molar-refractivity contribution is 0.235. The van der Waals surface area contributed by atoms with E-state index < -0.39 is 15.8 Å². The Kier molecular flexibility index (Phi) is 5.90. The standard InChI is InChI=1S/C17H14Cl3NO/c18-17(19,20)16(21)22-15(14-9-5-2-6-10-14)12-11-13-7-3-1-4-8-13/h1-12,15,21H/b12-11+,21-16?/t15-/m1/s1. The molecule has 2 aromatic rings. The van der Waals surface area contributed by atoms with Crippen molar-refractivity contribution in [3.05, 3.63) is 77.9 Å². The molecule has 0 fully saturated rings. The van der Waals surface area contributed by atoms with Crippen molar-refractivity contribution in [2.45, 2.75) is 9.90 Å². The van der Waals surface area contributed by atoms with Gasteiger partial charge in [0.15, 0.2) is 0 Å². The number of hydrogen-bond acceptors (Lipinski definition) is 2. The molecule has 114 valence electrons. The van der Waals surface area contributed by atoms with Gasteiger partial charge in [-0.25, -0.2) is 0 Å². The molecule has 2 aromatic carbocycles. The van der Waals surface area contributed by atoms with Crippen LogP contribution in [0.3, 0.4) is 0 Å². The zero-order chi connectivity index (χ0) is 16.0. The van der Waals surface area contributed by atoms with E-state index in [9.17, 15) is 0 Å². The van der Waals surface area contributed by atoms with E-state index in [-0.39, 0.29) is 0 Å². The predicted octanol–water partition coefficient (Wildman–Crippen LogP) is 5.81. The van der Waals surface area contributed by atoms with E-state index in [1.165, 1.54) is 0 Å². The van der Waals surface area contributed by atoms with Crippen LogP contribution in [0.2, 0.25) is 0 Å². The fourth-order valence-corrected chi connectivity index (χ4v) is 1.95. The summed E-state index contributed by atoms with van der Waals surface area (Å²) in [7, 11) is 0. The first-order chi connectivity index (χ1) is 10.5. The quantitative estimate of drug-likeness (QED) is 0.420. The fraction of sp³-hybridized carbons (Fsp3) is 0.118. The first kappa shape index (κ1) is 16.9. The minimum absolute atomic E-state index is 0.413. The maximum absolute atomic E-state index is 7.75. The van der Waals surface area contributed by atoms with Crippen LogP contribution < -0.4 is 0 Å². The van der Waals surface area contributed by atoms with E-state index in [0.29, 0.717) is 0 Å². The van der Waals surface area contributed by atoms with Crippen LogP contribution in [0.1, 0.15) is 17.2 Å². The Bertz CT molecular complexity index is 636. The SMILES string of the molecule is N=C(O[C@H](/C=C/c1ccccc1)c1ccccc1)C(Cl)(Cl)Cl. The molecular formula is C17H14Cl3NO. The first-order valence-corrected chi connectivity index (χ1v) is 7.71. The van der Waals surface area contributed by atoms with Crippen LogP contribution in [0.15, 0.2) is 66.7 Å². The highest BCUT2D eigenvalue weighted by atomic mass is 35.6. The van der Waals surface area contributed by atoms with Crippen LogP contribution in [0.4, 0.5) is 0 Å². The van der Waals surface area contributed by atoms with Crippen molar-refractivity contribution in [3.8, 4) is 0 Å². The van der Waals surface area contributed by atoms with Crippen molar-refractivity contribution in [3.63, 3.8) is 0 Å². The number of nitrogens with one attached hydrogen (secondary N) is 1. The fourth-order valence-electron chi connectivity index (χ4n) is 1.82. The van der Waals surface area contributed by atoms with E-state index in [2.05, 4.69) is 0 Å². The third kappa shape index (κ3) is 5.06. The van der Waals surface area contributed by atoms with Crippen molar-refractivity contribution in [2.24, 2.45) is 0 Å². The molecule has 2 rings (SSSR count). The molecule has 0 saturated carbocycles. The van der Waals surface area contributed by atoms with Crippen molar-refractivity contribution in [1.29, 1.82) is 5.41 Å². The van der Waals surface area contributed by atoms with Crippen molar-refractivity contribution in [2.75, 3.05) is 0 Å². The van der Waals surface area contributed by atoms with Crippen molar-refractivity contribution in [1.82, 2.24) is 0 Å². The molecule has 22 heavy (non-hydrogen) atoms. The maximum Gasteiger partial charge on any atom is 0.265 e. The third-order valence-corrected chi connectivity index (χ3v) is 3.41. The molecule has 0 unspecified atom stereocenters. The molecular weight excluding hydrogens is 341 g/mol. The highest BCUT2D eigenvalue weighted by Gasteiger charge is 2.30. The number of halogens is 3.